The Morgan fingerprint density at radius 1 is 1.18 bits per heavy atom. The van der Waals surface area contributed by atoms with Gasteiger partial charge in [-0.1, -0.05) is 25.5 Å². The van der Waals surface area contributed by atoms with Crippen LogP contribution in [0.5, 0.6) is 5.75 Å². The number of nitrogen functional groups attached to an aromatic ring is 1. The minimum absolute atomic E-state index is 0.254. The van der Waals surface area contributed by atoms with Crippen molar-refractivity contribution in [2.45, 2.75) is 51.4 Å². The number of hydrogen-bond donors (Lipinski definition) is 2. The maximum atomic E-state index is 5.92. The van der Waals surface area contributed by atoms with Gasteiger partial charge in [-0.2, -0.15) is 10.1 Å². The van der Waals surface area contributed by atoms with Crippen molar-refractivity contribution in [1.82, 2.24) is 29.5 Å². The highest BCUT2D eigenvalue weighted by Gasteiger charge is 2.41. The van der Waals surface area contributed by atoms with Crippen LogP contribution in [0, 0.1) is 0 Å². The molecule has 0 aliphatic carbocycles. The summed E-state index contributed by atoms with van der Waals surface area (Å²) >= 11 is 0. The van der Waals surface area contributed by atoms with Gasteiger partial charge in [-0.15, -0.1) is 0 Å². The minimum Gasteiger partial charge on any atom is -0.496 e. The van der Waals surface area contributed by atoms with Gasteiger partial charge >= 0.3 is 0 Å². The summed E-state index contributed by atoms with van der Waals surface area (Å²) in [6.45, 7) is 6.86. The van der Waals surface area contributed by atoms with Gasteiger partial charge in [0.05, 0.1) is 19.9 Å². The van der Waals surface area contributed by atoms with Gasteiger partial charge in [0.15, 0.2) is 5.82 Å². The minimum atomic E-state index is 0.254. The summed E-state index contributed by atoms with van der Waals surface area (Å²) in [6.07, 6.45) is 5.21. The fraction of sp³-hybridized carbons (Fsp3) is 0.542. The zero-order valence-electron chi connectivity index (χ0n) is 19.8. The largest absolute Gasteiger partial charge is 0.496 e. The van der Waals surface area contributed by atoms with Gasteiger partial charge < -0.3 is 20.7 Å². The van der Waals surface area contributed by atoms with Gasteiger partial charge in [-0.05, 0) is 31.5 Å². The number of aromatic nitrogens is 4. The molecule has 9 heteroatoms. The molecular weight excluding hydrogens is 416 g/mol. The number of hydrogen-bond acceptors (Lipinski definition) is 8. The van der Waals surface area contributed by atoms with Crippen LogP contribution in [0.15, 0.2) is 24.4 Å². The van der Waals surface area contributed by atoms with E-state index in [-0.39, 0.29) is 5.95 Å². The van der Waals surface area contributed by atoms with E-state index in [1.54, 1.807) is 13.3 Å². The van der Waals surface area contributed by atoms with E-state index in [9.17, 15) is 0 Å². The standard InChI is InChI=1S/C24H34N8O/c1-4-5-8-26-23-22-20(28-24(25)29-23)11-27-32(22)13-17-7-6-16(9-21(17)33-3)12-31-15-18-10-19(31)14-30(18)2/h6-7,9,11,18-19H,4-5,8,10,12-15H2,1-3H3,(H3,25,26,28,29)/t18-,19-/m1/s1. The lowest BCUT2D eigenvalue weighted by Crippen LogP contribution is -2.43. The molecule has 3 aromatic rings. The lowest BCUT2D eigenvalue weighted by molar-refractivity contribution is 0.143. The van der Waals surface area contributed by atoms with Crippen LogP contribution in [0.2, 0.25) is 0 Å². The Hall–Kier alpha value is -2.91. The number of unbranched alkanes of at least 4 members (excludes halogenated alkanes) is 1. The zero-order valence-corrected chi connectivity index (χ0v) is 19.8. The lowest BCUT2D eigenvalue weighted by Gasteiger charge is -2.32. The summed E-state index contributed by atoms with van der Waals surface area (Å²) in [7, 11) is 3.97. The number of piperazine rings is 1. The van der Waals surface area contributed by atoms with Gasteiger partial charge in [0, 0.05) is 43.8 Å². The van der Waals surface area contributed by atoms with Gasteiger partial charge in [-0.3, -0.25) is 9.58 Å². The van der Waals surface area contributed by atoms with Crippen molar-refractivity contribution < 1.29 is 4.74 Å². The molecule has 0 saturated carbocycles. The molecular formula is C24H34N8O. The number of rotatable bonds is 9. The normalized spacial score (nSPS) is 20.7. The van der Waals surface area contributed by atoms with Crippen LogP contribution in [0.25, 0.3) is 11.0 Å². The van der Waals surface area contributed by atoms with Crippen molar-refractivity contribution in [2.75, 3.05) is 44.8 Å². The van der Waals surface area contributed by atoms with Crippen LogP contribution in [-0.4, -0.2) is 75.4 Å². The van der Waals surface area contributed by atoms with Crippen molar-refractivity contribution in [2.24, 2.45) is 0 Å². The third-order valence-electron chi connectivity index (χ3n) is 7.01. The third kappa shape index (κ3) is 4.35. The number of methoxy groups -OCH3 is 1. The number of likely N-dealkylation sites (N-methyl/N-ethyl adjacent to an activating group) is 1. The van der Waals surface area contributed by atoms with Gasteiger partial charge in [0.1, 0.15) is 16.8 Å². The molecule has 9 nitrogen and oxygen atoms in total. The molecule has 0 unspecified atom stereocenters. The summed E-state index contributed by atoms with van der Waals surface area (Å²) in [5.74, 6) is 1.87. The molecule has 2 aromatic heterocycles. The molecule has 2 saturated heterocycles. The van der Waals surface area contributed by atoms with Crippen molar-refractivity contribution in [3.8, 4) is 5.75 Å². The Kier molecular flexibility index (Phi) is 6.07. The second-order valence-electron chi connectivity index (χ2n) is 9.31. The fourth-order valence-corrected chi connectivity index (χ4v) is 5.20. The molecule has 0 amide bonds. The van der Waals surface area contributed by atoms with E-state index in [1.165, 1.54) is 18.5 Å². The van der Waals surface area contributed by atoms with Crippen LogP contribution in [0.1, 0.15) is 37.3 Å². The molecule has 33 heavy (non-hydrogen) atoms. The van der Waals surface area contributed by atoms with Crippen LogP contribution >= 0.6 is 0 Å². The fourth-order valence-electron chi connectivity index (χ4n) is 5.20. The second-order valence-corrected chi connectivity index (χ2v) is 9.31. The summed E-state index contributed by atoms with van der Waals surface area (Å²) < 4.78 is 7.71. The third-order valence-corrected chi connectivity index (χ3v) is 7.01. The number of likely N-dealkylation sites (tertiary alicyclic amines) is 2. The van der Waals surface area contributed by atoms with Crippen LogP contribution in [0.4, 0.5) is 11.8 Å². The number of nitrogens with two attached hydrogens (primary N) is 1. The number of benzene rings is 1. The number of anilines is 2. The number of ether oxygens (including phenoxy) is 1. The summed E-state index contributed by atoms with van der Waals surface area (Å²) in [5.41, 5.74) is 9.89. The van der Waals surface area contributed by atoms with Crippen LogP contribution < -0.4 is 15.8 Å². The summed E-state index contributed by atoms with van der Waals surface area (Å²) in [6, 6.07) is 7.93. The molecule has 176 valence electrons. The van der Waals surface area contributed by atoms with Crippen molar-refractivity contribution in [3.63, 3.8) is 0 Å². The van der Waals surface area contributed by atoms with Crippen molar-refractivity contribution in [1.29, 1.82) is 0 Å². The first-order valence-corrected chi connectivity index (χ1v) is 11.9. The van der Waals surface area contributed by atoms with Gasteiger partial charge in [-0.25, -0.2) is 4.98 Å². The quantitative estimate of drug-likeness (QED) is 0.480. The molecule has 2 aliphatic heterocycles. The van der Waals surface area contributed by atoms with Crippen molar-refractivity contribution >= 4 is 22.8 Å². The van der Waals surface area contributed by atoms with Crippen LogP contribution in [0.3, 0.4) is 0 Å². The Morgan fingerprint density at radius 2 is 2.06 bits per heavy atom. The molecule has 4 heterocycles. The number of fused-ring (bicyclic) bond motifs is 3. The average molecular weight is 451 g/mol. The molecule has 2 bridgehead atoms. The monoisotopic (exact) mass is 450 g/mol. The predicted octanol–water partition coefficient (Wildman–Crippen LogP) is 2.57. The average Bonchev–Trinajstić information content (AvgIpc) is 3.49. The van der Waals surface area contributed by atoms with Crippen molar-refractivity contribution in [3.05, 3.63) is 35.5 Å². The molecule has 2 atom stereocenters. The van der Waals surface area contributed by atoms with E-state index in [0.29, 0.717) is 18.6 Å². The topological polar surface area (TPSA) is 97.4 Å². The van der Waals surface area contributed by atoms with E-state index in [0.717, 1.165) is 60.6 Å². The number of nitrogens with one attached hydrogen (secondary N) is 1. The van der Waals surface area contributed by atoms with Gasteiger partial charge in [0.25, 0.3) is 0 Å². The number of nitrogens with zero attached hydrogens (tertiary/aromatic N) is 6. The predicted molar refractivity (Wildman–Crippen MR) is 130 cm³/mol. The maximum Gasteiger partial charge on any atom is 0.222 e. The highest BCUT2D eigenvalue weighted by atomic mass is 16.5. The Labute approximate surface area is 194 Å². The lowest BCUT2D eigenvalue weighted by atomic mass is 10.1. The Balaban J connectivity index is 1.37. The van der Waals surface area contributed by atoms with E-state index >= 15 is 0 Å². The van der Waals surface area contributed by atoms with Crippen LogP contribution in [-0.2, 0) is 13.1 Å². The summed E-state index contributed by atoms with van der Waals surface area (Å²) in [4.78, 5) is 13.9. The zero-order chi connectivity index (χ0) is 22.9. The molecule has 2 fully saturated rings. The van der Waals surface area contributed by atoms with E-state index in [1.807, 2.05) is 4.68 Å². The first-order valence-electron chi connectivity index (χ1n) is 11.9. The molecule has 0 spiro atoms. The Morgan fingerprint density at radius 3 is 2.79 bits per heavy atom. The molecule has 1 aromatic carbocycles. The maximum absolute atomic E-state index is 5.92. The van der Waals surface area contributed by atoms with Gasteiger partial charge in [0.2, 0.25) is 5.95 Å². The molecule has 5 rings (SSSR count). The molecule has 0 radical (unpaired) electrons. The van der Waals surface area contributed by atoms with E-state index in [4.69, 9.17) is 10.5 Å². The molecule has 3 N–H and O–H groups in total. The Bertz CT molecular complexity index is 1130. The van der Waals surface area contributed by atoms with E-state index < -0.39 is 0 Å². The highest BCUT2D eigenvalue weighted by molar-refractivity contribution is 5.86. The summed E-state index contributed by atoms with van der Waals surface area (Å²) in [5, 5.41) is 7.99. The smallest absolute Gasteiger partial charge is 0.222 e. The van der Waals surface area contributed by atoms with E-state index in [2.05, 4.69) is 62.4 Å². The molecule has 2 aliphatic rings. The SMILES string of the molecule is CCCCNc1nc(N)nc2cnn(Cc3ccc(CN4C[C@H]5C[C@@H]4CN5C)cc3OC)c12. The highest BCUT2D eigenvalue weighted by Crippen LogP contribution is 2.32. The second kappa shape index (κ2) is 9.15. The first-order chi connectivity index (χ1) is 16.1. The first kappa shape index (κ1) is 21.9.